The fourth-order valence-corrected chi connectivity index (χ4v) is 1.94. The predicted octanol–water partition coefficient (Wildman–Crippen LogP) is 1.82. The Morgan fingerprint density at radius 3 is 2.50 bits per heavy atom. The molecule has 0 radical (unpaired) electrons. The summed E-state index contributed by atoms with van der Waals surface area (Å²) in [6.07, 6.45) is 4.38. The van der Waals surface area contributed by atoms with Crippen LogP contribution < -0.4 is 10.5 Å². The van der Waals surface area contributed by atoms with E-state index >= 15 is 0 Å². The molecule has 0 aliphatic heterocycles. The molecular weight excluding hydrogens is 264 g/mol. The second-order valence-corrected chi connectivity index (χ2v) is 4.48. The minimum Gasteiger partial charge on any atom is -0.487 e. The summed E-state index contributed by atoms with van der Waals surface area (Å²) in [7, 11) is 1.85. The van der Waals surface area contributed by atoms with Gasteiger partial charge in [-0.1, -0.05) is 0 Å². The van der Waals surface area contributed by atoms with Crippen LogP contribution in [0.5, 0.6) is 5.75 Å². The molecule has 1 heterocycles. The number of benzene rings is 1. The van der Waals surface area contributed by atoms with Crippen molar-refractivity contribution < 1.29 is 13.5 Å². The van der Waals surface area contributed by atoms with Crippen molar-refractivity contribution in [3.05, 3.63) is 47.5 Å². The van der Waals surface area contributed by atoms with E-state index < -0.39 is 11.6 Å². The Labute approximate surface area is 116 Å². The Morgan fingerprint density at radius 1 is 1.25 bits per heavy atom. The van der Waals surface area contributed by atoms with E-state index in [2.05, 4.69) is 4.98 Å². The third-order valence-corrected chi connectivity index (χ3v) is 2.98. The van der Waals surface area contributed by atoms with Gasteiger partial charge in [-0.25, -0.2) is 13.8 Å². The summed E-state index contributed by atoms with van der Waals surface area (Å²) in [4.78, 5) is 4.11. The van der Waals surface area contributed by atoms with Gasteiger partial charge >= 0.3 is 0 Å². The first-order valence-electron chi connectivity index (χ1n) is 6.38. The monoisotopic (exact) mass is 281 g/mol. The number of hydrogen-bond acceptors (Lipinski definition) is 3. The second kappa shape index (κ2) is 6.47. The van der Waals surface area contributed by atoms with E-state index in [1.165, 1.54) is 12.1 Å². The van der Waals surface area contributed by atoms with Gasteiger partial charge < -0.3 is 15.0 Å². The van der Waals surface area contributed by atoms with Gasteiger partial charge in [-0.15, -0.1) is 0 Å². The Morgan fingerprint density at radius 2 is 1.95 bits per heavy atom. The molecule has 0 atom stereocenters. The summed E-state index contributed by atoms with van der Waals surface area (Å²) in [6.45, 7) is 0.507. The summed E-state index contributed by atoms with van der Waals surface area (Å²) in [5.41, 5.74) is 5.89. The zero-order chi connectivity index (χ0) is 14.5. The van der Waals surface area contributed by atoms with Gasteiger partial charge in [0.15, 0.2) is 17.4 Å². The van der Waals surface area contributed by atoms with Crippen LogP contribution in [0, 0.1) is 11.6 Å². The highest BCUT2D eigenvalue weighted by atomic mass is 19.1. The zero-order valence-corrected chi connectivity index (χ0v) is 11.3. The molecule has 108 valence electrons. The molecule has 6 heteroatoms. The molecule has 0 bridgehead atoms. The SMILES string of the molecule is Cn1ccnc1CCOc1c(F)cc(CCN)cc1F. The van der Waals surface area contributed by atoms with Gasteiger partial charge in [0.1, 0.15) is 5.82 Å². The van der Waals surface area contributed by atoms with Crippen molar-refractivity contribution in [3.8, 4) is 5.75 Å². The molecule has 4 nitrogen and oxygen atoms in total. The van der Waals surface area contributed by atoms with Gasteiger partial charge in [0.25, 0.3) is 0 Å². The molecule has 0 aliphatic carbocycles. The fraction of sp³-hybridized carbons (Fsp3) is 0.357. The predicted molar refractivity (Wildman–Crippen MR) is 71.5 cm³/mol. The van der Waals surface area contributed by atoms with Crippen LogP contribution in [0.2, 0.25) is 0 Å². The van der Waals surface area contributed by atoms with Crippen LogP contribution in [0.1, 0.15) is 11.4 Å². The van der Waals surface area contributed by atoms with Crippen LogP contribution in [0.25, 0.3) is 0 Å². The van der Waals surface area contributed by atoms with Crippen molar-refractivity contribution in [2.45, 2.75) is 12.8 Å². The maximum Gasteiger partial charge on any atom is 0.190 e. The molecule has 1 aromatic heterocycles. The normalized spacial score (nSPS) is 10.8. The van der Waals surface area contributed by atoms with Gasteiger partial charge in [0.05, 0.1) is 6.61 Å². The molecule has 2 N–H and O–H groups in total. The largest absolute Gasteiger partial charge is 0.487 e. The van der Waals surface area contributed by atoms with Crippen molar-refractivity contribution in [2.75, 3.05) is 13.2 Å². The molecule has 0 spiro atoms. The molecule has 2 rings (SSSR count). The number of imidazole rings is 1. The first kappa shape index (κ1) is 14.5. The third-order valence-electron chi connectivity index (χ3n) is 2.98. The standard InChI is InChI=1S/C14H17F2N3O/c1-19-6-5-18-13(19)3-7-20-14-11(15)8-10(2-4-17)9-12(14)16/h5-6,8-9H,2-4,7,17H2,1H3. The molecule has 20 heavy (non-hydrogen) atoms. The minimum atomic E-state index is -0.701. The van der Waals surface area contributed by atoms with Crippen LogP contribution in [0.4, 0.5) is 8.78 Å². The van der Waals surface area contributed by atoms with E-state index in [4.69, 9.17) is 10.5 Å². The molecule has 0 saturated carbocycles. The average Bonchev–Trinajstić information content (AvgIpc) is 2.79. The number of ether oxygens (including phenoxy) is 1. The second-order valence-electron chi connectivity index (χ2n) is 4.48. The lowest BCUT2D eigenvalue weighted by atomic mass is 10.1. The maximum absolute atomic E-state index is 13.8. The molecular formula is C14H17F2N3O. The summed E-state index contributed by atoms with van der Waals surface area (Å²) in [5.74, 6) is -0.952. The van der Waals surface area contributed by atoms with Gasteiger partial charge in [-0.05, 0) is 30.7 Å². The summed E-state index contributed by atoms with van der Waals surface area (Å²) in [5, 5.41) is 0. The van der Waals surface area contributed by atoms with Crippen LogP contribution in [-0.2, 0) is 19.9 Å². The lowest BCUT2D eigenvalue weighted by Gasteiger charge is -2.10. The van der Waals surface area contributed by atoms with Crippen molar-refractivity contribution in [1.29, 1.82) is 0 Å². The minimum absolute atomic E-state index is 0.162. The topological polar surface area (TPSA) is 53.1 Å². The number of aromatic nitrogens is 2. The number of halogens is 2. The van der Waals surface area contributed by atoms with E-state index in [1.807, 2.05) is 11.6 Å². The number of nitrogens with zero attached hydrogens (tertiary/aromatic N) is 2. The molecule has 0 unspecified atom stereocenters. The van der Waals surface area contributed by atoms with Crippen molar-refractivity contribution in [1.82, 2.24) is 9.55 Å². The fourth-order valence-electron chi connectivity index (χ4n) is 1.94. The number of aryl methyl sites for hydroxylation is 1. The van der Waals surface area contributed by atoms with Crippen LogP contribution in [0.15, 0.2) is 24.5 Å². The lowest BCUT2D eigenvalue weighted by molar-refractivity contribution is 0.285. The third kappa shape index (κ3) is 3.33. The Kier molecular flexibility index (Phi) is 4.68. The van der Waals surface area contributed by atoms with Crippen LogP contribution in [-0.4, -0.2) is 22.7 Å². The highest BCUT2D eigenvalue weighted by Gasteiger charge is 2.13. The molecule has 0 fully saturated rings. The first-order valence-corrected chi connectivity index (χ1v) is 6.38. The van der Waals surface area contributed by atoms with Crippen molar-refractivity contribution in [2.24, 2.45) is 12.8 Å². The molecule has 1 aromatic carbocycles. The van der Waals surface area contributed by atoms with E-state index in [0.29, 0.717) is 24.9 Å². The average molecular weight is 281 g/mol. The maximum atomic E-state index is 13.8. The quantitative estimate of drug-likeness (QED) is 0.878. The van der Waals surface area contributed by atoms with Crippen LogP contribution in [0.3, 0.4) is 0 Å². The summed E-state index contributed by atoms with van der Waals surface area (Å²) < 4.78 is 34.5. The van der Waals surface area contributed by atoms with Gasteiger partial charge in [0.2, 0.25) is 0 Å². The van der Waals surface area contributed by atoms with Gasteiger partial charge in [0, 0.05) is 25.9 Å². The molecule has 0 aliphatic rings. The van der Waals surface area contributed by atoms with Crippen molar-refractivity contribution >= 4 is 0 Å². The van der Waals surface area contributed by atoms with E-state index in [0.717, 1.165) is 5.82 Å². The Bertz CT molecular complexity index is 561. The number of nitrogens with two attached hydrogens (primary N) is 1. The Balaban J connectivity index is 2.01. The zero-order valence-electron chi connectivity index (χ0n) is 11.3. The van der Waals surface area contributed by atoms with Gasteiger partial charge in [-0.3, -0.25) is 0 Å². The highest BCUT2D eigenvalue weighted by Crippen LogP contribution is 2.23. The number of hydrogen-bond donors (Lipinski definition) is 1. The summed E-state index contributed by atoms with van der Waals surface area (Å²) >= 11 is 0. The molecule has 2 aromatic rings. The molecule has 0 saturated heterocycles. The molecule has 0 amide bonds. The number of rotatable bonds is 6. The lowest BCUT2D eigenvalue weighted by Crippen LogP contribution is -2.09. The van der Waals surface area contributed by atoms with E-state index in [1.54, 1.807) is 12.4 Å². The van der Waals surface area contributed by atoms with E-state index in [-0.39, 0.29) is 12.4 Å². The smallest absolute Gasteiger partial charge is 0.190 e. The van der Waals surface area contributed by atoms with Crippen LogP contribution >= 0.6 is 0 Å². The highest BCUT2D eigenvalue weighted by molar-refractivity contribution is 5.31. The van der Waals surface area contributed by atoms with Crippen molar-refractivity contribution in [3.63, 3.8) is 0 Å². The summed E-state index contributed by atoms with van der Waals surface area (Å²) in [6, 6.07) is 2.51. The first-order chi connectivity index (χ1) is 9.61. The Hall–Kier alpha value is -1.95. The van der Waals surface area contributed by atoms with Gasteiger partial charge in [-0.2, -0.15) is 0 Å². The van der Waals surface area contributed by atoms with E-state index in [9.17, 15) is 8.78 Å².